The Kier molecular flexibility index (Phi) is 5.34. The molecule has 1 unspecified atom stereocenters. The van der Waals surface area contributed by atoms with Crippen molar-refractivity contribution in [3.8, 4) is 0 Å². The smallest absolute Gasteiger partial charge is 0.171 e. The molecule has 0 spiro atoms. The van der Waals surface area contributed by atoms with E-state index in [1.807, 2.05) is 19.0 Å². The van der Waals surface area contributed by atoms with Crippen LogP contribution in [0, 0.1) is 5.92 Å². The summed E-state index contributed by atoms with van der Waals surface area (Å²) in [6.07, 6.45) is 3.43. The van der Waals surface area contributed by atoms with Crippen molar-refractivity contribution < 1.29 is 0 Å². The normalized spacial score (nSPS) is 12.9. The minimum atomic E-state index is 0.474. The third-order valence-electron chi connectivity index (χ3n) is 3.01. The number of anilines is 2. The number of nitrogens with zero attached hydrogens (tertiary/aromatic N) is 4. The van der Waals surface area contributed by atoms with Gasteiger partial charge in [0.25, 0.3) is 0 Å². The van der Waals surface area contributed by atoms with E-state index in [1.165, 1.54) is 0 Å². The topological polar surface area (TPSA) is 44.3 Å². The Hall–Kier alpha value is -1.36. The standard InChI is InChI=1S/C13H25N5/c1-10(2)11(17(3)4)9-16-12-13(18(5)6)15-8-7-14-12/h7-8,10-11H,9H2,1-6H3,(H,14,16). The Morgan fingerprint density at radius 3 is 2.22 bits per heavy atom. The van der Waals surface area contributed by atoms with Crippen molar-refractivity contribution in [1.82, 2.24) is 14.9 Å². The third kappa shape index (κ3) is 3.84. The van der Waals surface area contributed by atoms with Gasteiger partial charge in [-0.05, 0) is 20.0 Å². The number of likely N-dealkylation sites (N-methyl/N-ethyl adjacent to an activating group) is 1. The monoisotopic (exact) mass is 251 g/mol. The number of rotatable bonds is 6. The minimum absolute atomic E-state index is 0.474. The van der Waals surface area contributed by atoms with Gasteiger partial charge in [-0.15, -0.1) is 0 Å². The average molecular weight is 251 g/mol. The van der Waals surface area contributed by atoms with Crippen LogP contribution in [0.15, 0.2) is 12.4 Å². The van der Waals surface area contributed by atoms with Gasteiger partial charge >= 0.3 is 0 Å². The first kappa shape index (κ1) is 14.7. The van der Waals surface area contributed by atoms with E-state index in [-0.39, 0.29) is 0 Å². The first-order valence-electron chi connectivity index (χ1n) is 6.32. The maximum atomic E-state index is 4.36. The largest absolute Gasteiger partial charge is 0.365 e. The van der Waals surface area contributed by atoms with E-state index in [9.17, 15) is 0 Å². The van der Waals surface area contributed by atoms with Crippen LogP contribution >= 0.6 is 0 Å². The van der Waals surface area contributed by atoms with Crippen LogP contribution < -0.4 is 10.2 Å². The highest BCUT2D eigenvalue weighted by atomic mass is 15.2. The van der Waals surface area contributed by atoms with Crippen LogP contribution in [0.3, 0.4) is 0 Å². The van der Waals surface area contributed by atoms with Crippen molar-refractivity contribution in [1.29, 1.82) is 0 Å². The number of nitrogens with one attached hydrogen (secondary N) is 1. The molecule has 1 aromatic heterocycles. The number of hydrogen-bond donors (Lipinski definition) is 1. The zero-order valence-electron chi connectivity index (χ0n) is 12.3. The van der Waals surface area contributed by atoms with E-state index in [1.54, 1.807) is 12.4 Å². The molecule has 0 aliphatic rings. The summed E-state index contributed by atoms with van der Waals surface area (Å²) in [6.45, 7) is 5.33. The lowest BCUT2D eigenvalue weighted by atomic mass is 10.0. The second kappa shape index (κ2) is 6.54. The molecule has 1 N–H and O–H groups in total. The Balaban J connectivity index is 2.73. The first-order valence-corrected chi connectivity index (χ1v) is 6.32. The fourth-order valence-electron chi connectivity index (χ4n) is 2.00. The summed E-state index contributed by atoms with van der Waals surface area (Å²) in [5, 5.41) is 3.40. The Morgan fingerprint density at radius 2 is 1.72 bits per heavy atom. The highest BCUT2D eigenvalue weighted by Gasteiger charge is 2.16. The molecule has 0 saturated carbocycles. The fraction of sp³-hybridized carbons (Fsp3) is 0.692. The maximum absolute atomic E-state index is 4.36. The van der Waals surface area contributed by atoms with Gasteiger partial charge in [-0.1, -0.05) is 13.8 Å². The Bertz CT molecular complexity index is 354. The van der Waals surface area contributed by atoms with Gasteiger partial charge in [-0.3, -0.25) is 0 Å². The molecule has 0 bridgehead atoms. The van der Waals surface area contributed by atoms with Crippen LogP contribution in [0.5, 0.6) is 0 Å². The van der Waals surface area contributed by atoms with Crippen molar-refractivity contribution in [3.63, 3.8) is 0 Å². The third-order valence-corrected chi connectivity index (χ3v) is 3.01. The minimum Gasteiger partial charge on any atom is -0.365 e. The van der Waals surface area contributed by atoms with Crippen molar-refractivity contribution in [2.45, 2.75) is 19.9 Å². The second-order valence-electron chi connectivity index (χ2n) is 5.28. The van der Waals surface area contributed by atoms with E-state index >= 15 is 0 Å². The molecule has 5 heteroatoms. The number of aromatic nitrogens is 2. The first-order chi connectivity index (χ1) is 8.43. The SMILES string of the molecule is CC(C)C(CNc1nccnc1N(C)C)N(C)C. The molecule has 0 aliphatic heterocycles. The molecule has 1 rings (SSSR count). The van der Waals surface area contributed by atoms with Crippen molar-refractivity contribution >= 4 is 11.6 Å². The van der Waals surface area contributed by atoms with Crippen LogP contribution in [0.1, 0.15) is 13.8 Å². The quantitative estimate of drug-likeness (QED) is 0.831. The van der Waals surface area contributed by atoms with Crippen LogP contribution in [0.4, 0.5) is 11.6 Å². The van der Waals surface area contributed by atoms with E-state index in [2.05, 4.69) is 48.1 Å². The average Bonchev–Trinajstić information content (AvgIpc) is 2.28. The lowest BCUT2D eigenvalue weighted by Gasteiger charge is -2.28. The van der Waals surface area contributed by atoms with Crippen LogP contribution in [-0.4, -0.2) is 55.6 Å². The van der Waals surface area contributed by atoms with Crippen LogP contribution in [-0.2, 0) is 0 Å². The predicted octanol–water partition coefficient (Wildman–Crippen LogP) is 1.54. The lowest BCUT2D eigenvalue weighted by molar-refractivity contribution is 0.243. The van der Waals surface area contributed by atoms with Gasteiger partial charge in [0.2, 0.25) is 0 Å². The molecule has 1 aromatic rings. The zero-order chi connectivity index (χ0) is 13.7. The molecule has 102 valence electrons. The summed E-state index contributed by atoms with van der Waals surface area (Å²) in [6, 6.07) is 0.474. The molecular weight excluding hydrogens is 226 g/mol. The van der Waals surface area contributed by atoms with Gasteiger partial charge in [0, 0.05) is 39.1 Å². The van der Waals surface area contributed by atoms with E-state index < -0.39 is 0 Å². The highest BCUT2D eigenvalue weighted by molar-refractivity contribution is 5.59. The van der Waals surface area contributed by atoms with E-state index in [0.29, 0.717) is 12.0 Å². The molecule has 1 heterocycles. The summed E-state index contributed by atoms with van der Waals surface area (Å²) in [5.41, 5.74) is 0. The Morgan fingerprint density at radius 1 is 1.11 bits per heavy atom. The van der Waals surface area contributed by atoms with Gasteiger partial charge in [0.15, 0.2) is 11.6 Å². The van der Waals surface area contributed by atoms with E-state index in [0.717, 1.165) is 18.2 Å². The van der Waals surface area contributed by atoms with Crippen molar-refractivity contribution in [2.24, 2.45) is 5.92 Å². The van der Waals surface area contributed by atoms with Gasteiger partial charge in [-0.2, -0.15) is 0 Å². The molecule has 0 aliphatic carbocycles. The summed E-state index contributed by atoms with van der Waals surface area (Å²) in [5.74, 6) is 2.31. The second-order valence-corrected chi connectivity index (χ2v) is 5.28. The molecule has 0 saturated heterocycles. The Labute approximate surface area is 110 Å². The van der Waals surface area contributed by atoms with Gasteiger partial charge in [0.05, 0.1) is 0 Å². The van der Waals surface area contributed by atoms with Crippen LogP contribution in [0.2, 0.25) is 0 Å². The van der Waals surface area contributed by atoms with Crippen LogP contribution in [0.25, 0.3) is 0 Å². The molecular formula is C13H25N5. The lowest BCUT2D eigenvalue weighted by Crippen LogP contribution is -2.39. The molecule has 0 aromatic carbocycles. The molecule has 0 radical (unpaired) electrons. The molecule has 5 nitrogen and oxygen atoms in total. The predicted molar refractivity (Wildman–Crippen MR) is 77.2 cm³/mol. The summed E-state index contributed by atoms with van der Waals surface area (Å²) in [4.78, 5) is 12.9. The summed E-state index contributed by atoms with van der Waals surface area (Å²) in [7, 11) is 8.16. The van der Waals surface area contributed by atoms with Gasteiger partial charge in [0.1, 0.15) is 0 Å². The molecule has 18 heavy (non-hydrogen) atoms. The molecule has 0 fully saturated rings. The summed E-state index contributed by atoms with van der Waals surface area (Å²) >= 11 is 0. The fourth-order valence-corrected chi connectivity index (χ4v) is 2.00. The maximum Gasteiger partial charge on any atom is 0.171 e. The van der Waals surface area contributed by atoms with Gasteiger partial charge in [-0.25, -0.2) is 9.97 Å². The zero-order valence-corrected chi connectivity index (χ0v) is 12.3. The molecule has 0 amide bonds. The summed E-state index contributed by atoms with van der Waals surface area (Å²) < 4.78 is 0. The highest BCUT2D eigenvalue weighted by Crippen LogP contribution is 2.18. The van der Waals surface area contributed by atoms with Crippen molar-refractivity contribution in [2.75, 3.05) is 45.0 Å². The van der Waals surface area contributed by atoms with Crippen molar-refractivity contribution in [3.05, 3.63) is 12.4 Å². The van der Waals surface area contributed by atoms with E-state index in [4.69, 9.17) is 0 Å². The number of hydrogen-bond acceptors (Lipinski definition) is 5. The van der Waals surface area contributed by atoms with Gasteiger partial charge < -0.3 is 15.1 Å². The molecule has 1 atom stereocenters.